The van der Waals surface area contributed by atoms with Crippen molar-refractivity contribution in [1.29, 1.82) is 0 Å². The lowest BCUT2D eigenvalue weighted by Gasteiger charge is -2.22. The molecule has 1 N–H and O–H groups in total. The largest absolute Gasteiger partial charge is 0.378 e. The molecule has 5 heteroatoms. The fourth-order valence-electron chi connectivity index (χ4n) is 3.02. The van der Waals surface area contributed by atoms with Crippen molar-refractivity contribution in [2.24, 2.45) is 0 Å². The van der Waals surface area contributed by atoms with Gasteiger partial charge in [0.05, 0.1) is 0 Å². The van der Waals surface area contributed by atoms with Gasteiger partial charge in [0.15, 0.2) is 0 Å². The molecule has 28 heavy (non-hydrogen) atoms. The van der Waals surface area contributed by atoms with Gasteiger partial charge >= 0.3 is 0 Å². The fourth-order valence-corrected chi connectivity index (χ4v) is 3.02. The van der Waals surface area contributed by atoms with E-state index in [1.165, 1.54) is 0 Å². The molecule has 3 rings (SSSR count). The lowest BCUT2D eigenvalue weighted by molar-refractivity contribution is 0.0988. The summed E-state index contributed by atoms with van der Waals surface area (Å²) in [5.74, 6) is 0.602. The number of anilines is 4. The number of aryl methyl sites for hydroxylation is 1. The summed E-state index contributed by atoms with van der Waals surface area (Å²) in [6.07, 6.45) is 1.66. The van der Waals surface area contributed by atoms with Gasteiger partial charge < -0.3 is 15.1 Å². The van der Waals surface area contributed by atoms with Gasteiger partial charge in [-0.3, -0.25) is 4.79 Å². The van der Waals surface area contributed by atoms with Gasteiger partial charge in [0.1, 0.15) is 5.82 Å². The maximum Gasteiger partial charge on any atom is 0.258 e. The Morgan fingerprint density at radius 3 is 2.39 bits per heavy atom. The van der Waals surface area contributed by atoms with Gasteiger partial charge in [-0.25, -0.2) is 4.98 Å². The molecule has 0 aliphatic carbocycles. The third-order valence-electron chi connectivity index (χ3n) is 4.54. The number of carbonyl (C=O) groups is 1. The zero-order chi connectivity index (χ0) is 20.1. The molecule has 0 aliphatic heterocycles. The molecule has 5 nitrogen and oxygen atoms in total. The van der Waals surface area contributed by atoms with Gasteiger partial charge in [-0.05, 0) is 67.9 Å². The van der Waals surface area contributed by atoms with Crippen LogP contribution in [0.1, 0.15) is 22.8 Å². The Hall–Kier alpha value is -3.34. The van der Waals surface area contributed by atoms with E-state index in [2.05, 4.69) is 10.3 Å². The highest BCUT2D eigenvalue weighted by atomic mass is 16.2. The highest BCUT2D eigenvalue weighted by Crippen LogP contribution is 2.22. The quantitative estimate of drug-likeness (QED) is 0.669. The van der Waals surface area contributed by atoms with Gasteiger partial charge in [-0.2, -0.15) is 0 Å². The minimum atomic E-state index is -0.0403. The van der Waals surface area contributed by atoms with E-state index in [0.717, 1.165) is 22.6 Å². The molecule has 144 valence electrons. The van der Waals surface area contributed by atoms with Crippen LogP contribution in [0.5, 0.6) is 0 Å². The zero-order valence-electron chi connectivity index (χ0n) is 16.8. The first-order valence-electron chi connectivity index (χ1n) is 9.37. The molecule has 1 heterocycles. The molecule has 0 unspecified atom stereocenters. The molecule has 0 radical (unpaired) electrons. The molecule has 0 atom stereocenters. The number of nitrogens with zero attached hydrogens (tertiary/aromatic N) is 3. The van der Waals surface area contributed by atoms with Crippen LogP contribution in [0.25, 0.3) is 0 Å². The first-order valence-corrected chi connectivity index (χ1v) is 9.37. The molecular weight excluding hydrogens is 348 g/mol. The molecule has 0 saturated heterocycles. The standard InChI is InChI=1S/C23H26N4O/c1-5-27(21-8-6-7-17(2)15-21)23(28)18-13-14-24-22(16-18)25-19-9-11-20(12-10-19)26(3)4/h6-16H,5H2,1-4H3,(H,24,25). The summed E-state index contributed by atoms with van der Waals surface area (Å²) in [6.45, 7) is 4.60. The fraction of sp³-hybridized carbons (Fsp3) is 0.217. The first kappa shape index (κ1) is 19.4. The van der Waals surface area contributed by atoms with Gasteiger partial charge in [-0.1, -0.05) is 12.1 Å². The van der Waals surface area contributed by atoms with Crippen LogP contribution in [-0.4, -0.2) is 31.5 Å². The second-order valence-electron chi connectivity index (χ2n) is 6.88. The first-order chi connectivity index (χ1) is 13.5. The van der Waals surface area contributed by atoms with Gasteiger partial charge in [0.2, 0.25) is 0 Å². The maximum absolute atomic E-state index is 13.1. The van der Waals surface area contributed by atoms with Crippen molar-refractivity contribution in [1.82, 2.24) is 4.98 Å². The normalized spacial score (nSPS) is 10.4. The summed E-state index contributed by atoms with van der Waals surface area (Å²) < 4.78 is 0. The zero-order valence-corrected chi connectivity index (χ0v) is 16.8. The summed E-state index contributed by atoms with van der Waals surface area (Å²) in [5.41, 5.74) is 4.68. The molecule has 1 aromatic heterocycles. The summed E-state index contributed by atoms with van der Waals surface area (Å²) in [7, 11) is 4.01. The van der Waals surface area contributed by atoms with Gasteiger partial charge in [0.25, 0.3) is 5.91 Å². The van der Waals surface area contributed by atoms with E-state index in [-0.39, 0.29) is 5.91 Å². The summed E-state index contributed by atoms with van der Waals surface area (Å²) >= 11 is 0. The maximum atomic E-state index is 13.1. The van der Waals surface area contributed by atoms with E-state index in [0.29, 0.717) is 17.9 Å². The predicted molar refractivity (Wildman–Crippen MR) is 117 cm³/mol. The number of rotatable bonds is 6. The van der Waals surface area contributed by atoms with Crippen LogP contribution in [-0.2, 0) is 0 Å². The second kappa shape index (κ2) is 8.57. The summed E-state index contributed by atoms with van der Waals surface area (Å²) in [5, 5.41) is 3.27. The number of hydrogen-bond donors (Lipinski definition) is 1. The monoisotopic (exact) mass is 374 g/mol. The molecule has 0 aliphatic rings. The lowest BCUT2D eigenvalue weighted by Crippen LogP contribution is -2.30. The molecule has 3 aromatic rings. The minimum absolute atomic E-state index is 0.0403. The van der Waals surface area contributed by atoms with Crippen LogP contribution in [0, 0.1) is 6.92 Å². The molecule has 0 bridgehead atoms. The van der Waals surface area contributed by atoms with Crippen molar-refractivity contribution in [3.63, 3.8) is 0 Å². The third kappa shape index (κ3) is 4.49. The Morgan fingerprint density at radius 1 is 1.00 bits per heavy atom. The van der Waals surface area contributed by atoms with E-state index in [4.69, 9.17) is 0 Å². The van der Waals surface area contributed by atoms with E-state index >= 15 is 0 Å². The number of amides is 1. The number of hydrogen-bond acceptors (Lipinski definition) is 4. The Balaban J connectivity index is 1.80. The van der Waals surface area contributed by atoms with E-state index in [9.17, 15) is 4.79 Å². The Morgan fingerprint density at radius 2 is 1.75 bits per heavy atom. The summed E-state index contributed by atoms with van der Waals surface area (Å²) in [4.78, 5) is 21.3. The van der Waals surface area contributed by atoms with Crippen LogP contribution in [0.15, 0.2) is 66.9 Å². The van der Waals surface area contributed by atoms with Crippen LogP contribution >= 0.6 is 0 Å². The Kier molecular flexibility index (Phi) is 5.94. The molecule has 1 amide bonds. The van der Waals surface area contributed by atoms with Gasteiger partial charge in [0, 0.05) is 49.5 Å². The van der Waals surface area contributed by atoms with Crippen LogP contribution in [0.3, 0.4) is 0 Å². The highest BCUT2D eigenvalue weighted by Gasteiger charge is 2.17. The smallest absolute Gasteiger partial charge is 0.258 e. The van der Waals surface area contributed by atoms with Crippen molar-refractivity contribution in [2.45, 2.75) is 13.8 Å². The minimum Gasteiger partial charge on any atom is -0.378 e. The average Bonchev–Trinajstić information content (AvgIpc) is 2.69. The predicted octanol–water partition coefficient (Wildman–Crippen LogP) is 4.87. The van der Waals surface area contributed by atoms with Gasteiger partial charge in [-0.15, -0.1) is 0 Å². The Labute approximate surface area is 166 Å². The number of nitrogens with one attached hydrogen (secondary N) is 1. The topological polar surface area (TPSA) is 48.5 Å². The van der Waals surface area contributed by atoms with E-state index in [1.807, 2.05) is 81.4 Å². The van der Waals surface area contributed by atoms with Crippen LogP contribution in [0.2, 0.25) is 0 Å². The van der Waals surface area contributed by atoms with Crippen molar-refractivity contribution in [3.05, 3.63) is 78.0 Å². The number of pyridine rings is 1. The molecule has 2 aromatic carbocycles. The molecule has 0 spiro atoms. The molecular formula is C23H26N4O. The van der Waals surface area contributed by atoms with E-state index < -0.39 is 0 Å². The second-order valence-corrected chi connectivity index (χ2v) is 6.88. The van der Waals surface area contributed by atoms with Crippen LogP contribution < -0.4 is 15.1 Å². The summed E-state index contributed by atoms with van der Waals surface area (Å²) in [6, 6.07) is 19.6. The third-order valence-corrected chi connectivity index (χ3v) is 4.54. The molecule has 0 saturated carbocycles. The average molecular weight is 374 g/mol. The van der Waals surface area contributed by atoms with Crippen molar-refractivity contribution in [2.75, 3.05) is 35.8 Å². The lowest BCUT2D eigenvalue weighted by atomic mass is 10.1. The van der Waals surface area contributed by atoms with Crippen molar-refractivity contribution < 1.29 is 4.79 Å². The highest BCUT2D eigenvalue weighted by molar-refractivity contribution is 6.06. The van der Waals surface area contributed by atoms with E-state index in [1.54, 1.807) is 23.2 Å². The number of carbonyl (C=O) groups excluding carboxylic acids is 1. The SMILES string of the molecule is CCN(C(=O)c1ccnc(Nc2ccc(N(C)C)cc2)c1)c1cccc(C)c1. The number of aromatic nitrogens is 1. The van der Waals surface area contributed by atoms with Crippen LogP contribution in [0.4, 0.5) is 22.9 Å². The number of benzene rings is 2. The Bertz CT molecular complexity index is 951. The van der Waals surface area contributed by atoms with Crippen molar-refractivity contribution in [3.8, 4) is 0 Å². The van der Waals surface area contributed by atoms with Crippen molar-refractivity contribution >= 4 is 28.8 Å². The molecule has 0 fully saturated rings.